The summed E-state index contributed by atoms with van der Waals surface area (Å²) in [4.78, 5) is 11.2. The second kappa shape index (κ2) is 5.76. The Morgan fingerprint density at radius 3 is 2.73 bits per heavy atom. The van der Waals surface area contributed by atoms with Gasteiger partial charge in [0.25, 0.3) is 0 Å². The van der Waals surface area contributed by atoms with Crippen LogP contribution < -0.4 is 4.74 Å². The summed E-state index contributed by atoms with van der Waals surface area (Å²) < 4.78 is 5.52. The Morgan fingerprint density at radius 1 is 1.47 bits per heavy atom. The number of hydrogen-bond donors (Lipinski definition) is 0. The van der Waals surface area contributed by atoms with Crippen LogP contribution in [-0.2, 0) is 4.79 Å². The average Bonchev–Trinajstić information content (AvgIpc) is 2.25. The fraction of sp³-hybridized carbons (Fsp3) is 0.417. The highest BCUT2D eigenvalue weighted by Gasteiger charge is 2.17. The highest BCUT2D eigenvalue weighted by Crippen LogP contribution is 2.30. The smallest absolute Gasteiger partial charge is 0.152 e. The maximum absolute atomic E-state index is 11.2. The number of Topliss-reactive ketones (excluding diaryl/α,β-unsaturated/α-hetero) is 1. The van der Waals surface area contributed by atoms with Gasteiger partial charge in [0, 0.05) is 5.56 Å². The van der Waals surface area contributed by atoms with Crippen LogP contribution in [0.4, 0.5) is 0 Å². The standard InChI is InChI=1S/C12H15ClO2/c1-3-8-15-11-7-5-4-6-10(11)12(13)9(2)14/h4-7,12H,3,8H2,1-2H3. The van der Waals surface area contributed by atoms with Crippen LogP contribution in [0.3, 0.4) is 0 Å². The van der Waals surface area contributed by atoms with Gasteiger partial charge in [-0.2, -0.15) is 0 Å². The van der Waals surface area contributed by atoms with Gasteiger partial charge in [0.15, 0.2) is 5.78 Å². The number of ketones is 1. The third-order valence-corrected chi connectivity index (χ3v) is 2.55. The number of carbonyl (C=O) groups is 1. The van der Waals surface area contributed by atoms with E-state index < -0.39 is 5.38 Å². The predicted octanol–water partition coefficient (Wildman–Crippen LogP) is 3.34. The summed E-state index contributed by atoms with van der Waals surface area (Å²) in [5, 5.41) is -0.613. The first-order chi connectivity index (χ1) is 7.16. The molecule has 0 aliphatic carbocycles. The third-order valence-electron chi connectivity index (χ3n) is 2.01. The zero-order valence-corrected chi connectivity index (χ0v) is 9.75. The lowest BCUT2D eigenvalue weighted by Gasteiger charge is -2.12. The molecule has 1 unspecified atom stereocenters. The Balaban J connectivity index is 2.90. The van der Waals surface area contributed by atoms with Gasteiger partial charge in [-0.3, -0.25) is 4.79 Å². The van der Waals surface area contributed by atoms with Crippen molar-refractivity contribution in [1.29, 1.82) is 0 Å². The van der Waals surface area contributed by atoms with Crippen molar-refractivity contribution in [1.82, 2.24) is 0 Å². The molecule has 0 radical (unpaired) electrons. The molecular formula is C12H15ClO2. The van der Waals surface area contributed by atoms with E-state index >= 15 is 0 Å². The third kappa shape index (κ3) is 3.24. The number of hydrogen-bond acceptors (Lipinski definition) is 2. The lowest BCUT2D eigenvalue weighted by Crippen LogP contribution is -2.05. The van der Waals surface area contributed by atoms with Crippen molar-refractivity contribution in [2.75, 3.05) is 6.61 Å². The summed E-state index contributed by atoms with van der Waals surface area (Å²) in [5.74, 6) is 0.638. The van der Waals surface area contributed by atoms with Crippen molar-refractivity contribution >= 4 is 17.4 Å². The minimum Gasteiger partial charge on any atom is -0.493 e. The van der Waals surface area contributed by atoms with Crippen LogP contribution >= 0.6 is 11.6 Å². The summed E-state index contributed by atoms with van der Waals surface area (Å²) in [6.45, 7) is 4.15. The second-order valence-corrected chi connectivity index (χ2v) is 3.80. The molecule has 0 saturated heterocycles. The number of alkyl halides is 1. The molecule has 0 amide bonds. The van der Waals surface area contributed by atoms with Crippen LogP contribution in [0.5, 0.6) is 5.75 Å². The minimum atomic E-state index is -0.613. The van der Waals surface area contributed by atoms with Gasteiger partial charge in [0.05, 0.1) is 6.61 Å². The Labute approximate surface area is 95.2 Å². The molecule has 1 rings (SSSR count). The van der Waals surface area contributed by atoms with E-state index in [1.165, 1.54) is 6.92 Å². The molecule has 0 aliphatic heterocycles. The second-order valence-electron chi connectivity index (χ2n) is 3.36. The zero-order valence-electron chi connectivity index (χ0n) is 9.00. The van der Waals surface area contributed by atoms with Crippen LogP contribution in [0.2, 0.25) is 0 Å². The van der Waals surface area contributed by atoms with E-state index in [0.29, 0.717) is 12.4 Å². The van der Waals surface area contributed by atoms with E-state index in [0.717, 1.165) is 12.0 Å². The van der Waals surface area contributed by atoms with Crippen LogP contribution in [-0.4, -0.2) is 12.4 Å². The molecule has 2 nitrogen and oxygen atoms in total. The maximum atomic E-state index is 11.2. The monoisotopic (exact) mass is 226 g/mol. The highest BCUT2D eigenvalue weighted by atomic mass is 35.5. The number of rotatable bonds is 5. The molecule has 0 fully saturated rings. The van der Waals surface area contributed by atoms with E-state index in [4.69, 9.17) is 16.3 Å². The molecule has 0 bridgehead atoms. The fourth-order valence-electron chi connectivity index (χ4n) is 1.25. The molecule has 15 heavy (non-hydrogen) atoms. The number of ether oxygens (including phenoxy) is 1. The quantitative estimate of drug-likeness (QED) is 0.720. The number of halogens is 1. The molecule has 0 heterocycles. The van der Waals surface area contributed by atoms with E-state index in [1.807, 2.05) is 31.2 Å². The van der Waals surface area contributed by atoms with Crippen LogP contribution in [0.25, 0.3) is 0 Å². The fourth-order valence-corrected chi connectivity index (χ4v) is 1.43. The van der Waals surface area contributed by atoms with E-state index in [-0.39, 0.29) is 5.78 Å². The van der Waals surface area contributed by atoms with Crippen LogP contribution in [0.1, 0.15) is 31.2 Å². The molecule has 0 aromatic heterocycles. The van der Waals surface area contributed by atoms with E-state index in [9.17, 15) is 4.79 Å². The zero-order chi connectivity index (χ0) is 11.3. The summed E-state index contributed by atoms with van der Waals surface area (Å²) in [5.41, 5.74) is 0.750. The Morgan fingerprint density at radius 2 is 2.13 bits per heavy atom. The van der Waals surface area contributed by atoms with Gasteiger partial charge in [-0.05, 0) is 19.4 Å². The van der Waals surface area contributed by atoms with Gasteiger partial charge in [0.2, 0.25) is 0 Å². The summed E-state index contributed by atoms with van der Waals surface area (Å²) >= 11 is 6.00. The van der Waals surface area contributed by atoms with Crippen molar-refractivity contribution in [3.8, 4) is 5.75 Å². The summed E-state index contributed by atoms with van der Waals surface area (Å²) in [6, 6.07) is 7.39. The Bertz CT molecular complexity index is 336. The molecule has 0 saturated carbocycles. The Kier molecular flexibility index (Phi) is 4.63. The van der Waals surface area contributed by atoms with Crippen molar-refractivity contribution in [2.45, 2.75) is 25.6 Å². The lowest BCUT2D eigenvalue weighted by atomic mass is 10.1. The topological polar surface area (TPSA) is 26.3 Å². The summed E-state index contributed by atoms with van der Waals surface area (Å²) in [6.07, 6.45) is 0.932. The number of para-hydroxylation sites is 1. The van der Waals surface area contributed by atoms with Gasteiger partial charge in [-0.15, -0.1) is 11.6 Å². The first-order valence-electron chi connectivity index (χ1n) is 5.03. The van der Waals surface area contributed by atoms with Crippen LogP contribution in [0.15, 0.2) is 24.3 Å². The first-order valence-corrected chi connectivity index (χ1v) is 5.46. The molecule has 1 aromatic carbocycles. The minimum absolute atomic E-state index is 0.0655. The van der Waals surface area contributed by atoms with Crippen molar-refractivity contribution < 1.29 is 9.53 Å². The summed E-state index contributed by atoms with van der Waals surface area (Å²) in [7, 11) is 0. The van der Waals surface area contributed by atoms with Crippen molar-refractivity contribution in [2.24, 2.45) is 0 Å². The highest BCUT2D eigenvalue weighted by molar-refractivity contribution is 6.31. The van der Waals surface area contributed by atoms with E-state index in [1.54, 1.807) is 0 Å². The molecule has 0 aliphatic rings. The van der Waals surface area contributed by atoms with Crippen molar-refractivity contribution in [3.63, 3.8) is 0 Å². The molecule has 82 valence electrons. The van der Waals surface area contributed by atoms with Gasteiger partial charge < -0.3 is 4.74 Å². The molecule has 1 aromatic rings. The molecule has 0 spiro atoms. The molecule has 0 N–H and O–H groups in total. The van der Waals surface area contributed by atoms with Crippen molar-refractivity contribution in [3.05, 3.63) is 29.8 Å². The lowest BCUT2D eigenvalue weighted by molar-refractivity contribution is -0.116. The van der Waals surface area contributed by atoms with Crippen LogP contribution in [0, 0.1) is 0 Å². The Hall–Kier alpha value is -1.02. The number of carbonyl (C=O) groups excluding carboxylic acids is 1. The van der Waals surface area contributed by atoms with Gasteiger partial charge in [-0.25, -0.2) is 0 Å². The average molecular weight is 227 g/mol. The predicted molar refractivity (Wildman–Crippen MR) is 61.5 cm³/mol. The molecule has 1 atom stereocenters. The maximum Gasteiger partial charge on any atom is 0.152 e. The molecular weight excluding hydrogens is 212 g/mol. The SMILES string of the molecule is CCCOc1ccccc1C(Cl)C(C)=O. The van der Waals surface area contributed by atoms with Gasteiger partial charge in [-0.1, -0.05) is 25.1 Å². The van der Waals surface area contributed by atoms with E-state index in [2.05, 4.69) is 0 Å². The normalized spacial score (nSPS) is 12.2. The first kappa shape index (κ1) is 12.1. The van der Waals surface area contributed by atoms with Gasteiger partial charge in [0.1, 0.15) is 11.1 Å². The molecule has 3 heteroatoms. The van der Waals surface area contributed by atoms with Gasteiger partial charge >= 0.3 is 0 Å². The largest absolute Gasteiger partial charge is 0.493 e. The number of benzene rings is 1.